The van der Waals surface area contributed by atoms with Gasteiger partial charge in [0.2, 0.25) is 0 Å². The topological polar surface area (TPSA) is 29.1 Å². The fraction of sp³-hybridized carbons (Fsp3) is 0.462. The Morgan fingerprint density at radius 1 is 1.59 bits per heavy atom. The smallest absolute Gasteiger partial charge is 0.261 e. The highest BCUT2D eigenvalue weighted by atomic mass is 79.9. The van der Waals surface area contributed by atoms with Crippen molar-refractivity contribution in [3.05, 3.63) is 32.4 Å². The van der Waals surface area contributed by atoms with Gasteiger partial charge in [0.15, 0.2) is 0 Å². The van der Waals surface area contributed by atoms with Gasteiger partial charge in [-0.2, -0.15) is 0 Å². The Kier molecular flexibility index (Phi) is 4.40. The number of halogens is 1. The summed E-state index contributed by atoms with van der Waals surface area (Å²) in [5.41, 5.74) is 1.13. The fourth-order valence-electron chi connectivity index (χ4n) is 1.94. The summed E-state index contributed by atoms with van der Waals surface area (Å²) in [6.07, 6.45) is 7.85. The van der Waals surface area contributed by atoms with Crippen molar-refractivity contribution in [2.24, 2.45) is 5.92 Å². The Morgan fingerprint density at radius 2 is 2.41 bits per heavy atom. The Morgan fingerprint density at radius 3 is 3.00 bits per heavy atom. The summed E-state index contributed by atoms with van der Waals surface area (Å²) in [6, 6.07) is 1.94. The molecule has 1 N–H and O–H groups in total. The Bertz CT molecular complexity index is 419. The average molecular weight is 314 g/mol. The largest absolute Gasteiger partial charge is 0.351 e. The van der Waals surface area contributed by atoms with Gasteiger partial charge in [0.05, 0.1) is 8.66 Å². The summed E-state index contributed by atoms with van der Waals surface area (Å²) < 4.78 is 1.04. The zero-order valence-electron chi connectivity index (χ0n) is 9.83. The van der Waals surface area contributed by atoms with Crippen LogP contribution < -0.4 is 5.32 Å². The van der Waals surface area contributed by atoms with Crippen LogP contribution in [0.15, 0.2) is 22.0 Å². The quantitative estimate of drug-likeness (QED) is 0.842. The first-order valence-corrected chi connectivity index (χ1v) is 7.47. The van der Waals surface area contributed by atoms with Crippen molar-refractivity contribution in [2.75, 3.05) is 6.54 Å². The van der Waals surface area contributed by atoms with Gasteiger partial charge in [-0.05, 0) is 59.7 Å². The predicted octanol–water partition coefficient (Wildman–Crippen LogP) is 3.91. The van der Waals surface area contributed by atoms with Crippen molar-refractivity contribution < 1.29 is 4.79 Å². The monoisotopic (exact) mass is 313 g/mol. The maximum atomic E-state index is 11.9. The van der Waals surface area contributed by atoms with Gasteiger partial charge in [0.1, 0.15) is 0 Å². The van der Waals surface area contributed by atoms with Crippen LogP contribution in [0.5, 0.6) is 0 Å². The van der Waals surface area contributed by atoms with E-state index in [1.54, 1.807) is 0 Å². The molecule has 1 aromatic rings. The van der Waals surface area contributed by atoms with Crippen molar-refractivity contribution in [3.63, 3.8) is 0 Å². The molecule has 0 saturated heterocycles. The molecule has 1 heterocycles. The molecular formula is C13H16BrNOS. The van der Waals surface area contributed by atoms with Gasteiger partial charge in [-0.15, -0.1) is 11.3 Å². The number of hydrogen-bond acceptors (Lipinski definition) is 2. The van der Waals surface area contributed by atoms with Gasteiger partial charge < -0.3 is 5.32 Å². The molecule has 92 valence electrons. The molecule has 17 heavy (non-hydrogen) atoms. The van der Waals surface area contributed by atoms with Crippen LogP contribution in [-0.4, -0.2) is 12.5 Å². The molecular weight excluding hydrogens is 298 g/mol. The van der Waals surface area contributed by atoms with E-state index in [1.165, 1.54) is 17.8 Å². The number of nitrogens with one attached hydrogen (secondary N) is 1. The highest BCUT2D eigenvalue weighted by Gasteiger charge is 2.14. The lowest BCUT2D eigenvalue weighted by Crippen LogP contribution is -2.29. The SMILES string of the molecule is Cc1cc(C(=O)NCC2CC=CCC2)sc1Br. The lowest BCUT2D eigenvalue weighted by atomic mass is 9.94. The van der Waals surface area contributed by atoms with E-state index >= 15 is 0 Å². The van der Waals surface area contributed by atoms with Gasteiger partial charge in [-0.25, -0.2) is 0 Å². The second-order valence-corrected chi connectivity index (χ2v) is 6.80. The summed E-state index contributed by atoms with van der Waals surface area (Å²) in [6.45, 7) is 2.79. The minimum atomic E-state index is 0.0540. The van der Waals surface area contributed by atoms with E-state index in [0.29, 0.717) is 5.92 Å². The molecule has 0 aliphatic heterocycles. The highest BCUT2D eigenvalue weighted by Crippen LogP contribution is 2.27. The Labute approximate surface area is 114 Å². The molecule has 1 aliphatic rings. The number of rotatable bonds is 3. The maximum Gasteiger partial charge on any atom is 0.261 e. The Balaban J connectivity index is 1.86. The van der Waals surface area contributed by atoms with Gasteiger partial charge >= 0.3 is 0 Å². The number of carbonyl (C=O) groups excluding carboxylic acids is 1. The third-order valence-corrected chi connectivity index (χ3v) is 5.15. The van der Waals surface area contributed by atoms with E-state index in [4.69, 9.17) is 0 Å². The first-order chi connectivity index (χ1) is 8.16. The second kappa shape index (κ2) is 5.83. The number of thiophene rings is 1. The number of carbonyl (C=O) groups is 1. The van der Waals surface area contributed by atoms with Gasteiger partial charge in [0.25, 0.3) is 5.91 Å². The van der Waals surface area contributed by atoms with Crippen LogP contribution in [-0.2, 0) is 0 Å². The maximum absolute atomic E-state index is 11.9. The van der Waals surface area contributed by atoms with Crippen LogP contribution in [0.4, 0.5) is 0 Å². The van der Waals surface area contributed by atoms with Crippen LogP contribution >= 0.6 is 27.3 Å². The normalized spacial score (nSPS) is 19.3. The fourth-order valence-corrected chi connectivity index (χ4v) is 3.39. The molecule has 0 saturated carbocycles. The third-order valence-electron chi connectivity index (χ3n) is 3.01. The molecule has 0 aromatic carbocycles. The van der Waals surface area contributed by atoms with Crippen molar-refractivity contribution in [1.82, 2.24) is 5.32 Å². The first-order valence-electron chi connectivity index (χ1n) is 5.86. The zero-order valence-corrected chi connectivity index (χ0v) is 12.2. The molecule has 1 unspecified atom stereocenters. The predicted molar refractivity (Wildman–Crippen MR) is 75.6 cm³/mol. The number of allylic oxidation sites excluding steroid dienone is 2. The van der Waals surface area contributed by atoms with Crippen LogP contribution in [0.2, 0.25) is 0 Å². The molecule has 1 aliphatic carbocycles. The standard InChI is InChI=1S/C13H16BrNOS/c1-9-7-11(17-12(9)14)13(16)15-8-10-5-3-2-4-6-10/h2-3,7,10H,4-6,8H2,1H3,(H,15,16). The first kappa shape index (κ1) is 12.8. The number of amides is 1. The summed E-state index contributed by atoms with van der Waals surface area (Å²) in [4.78, 5) is 12.7. The molecule has 1 amide bonds. The number of aryl methyl sites for hydroxylation is 1. The van der Waals surface area contributed by atoms with E-state index in [0.717, 1.165) is 33.6 Å². The molecule has 2 rings (SSSR count). The van der Waals surface area contributed by atoms with Crippen molar-refractivity contribution >= 4 is 33.2 Å². The summed E-state index contributed by atoms with van der Waals surface area (Å²) in [7, 11) is 0. The van der Waals surface area contributed by atoms with Gasteiger partial charge in [-0.1, -0.05) is 12.2 Å². The van der Waals surface area contributed by atoms with Crippen LogP contribution in [0.25, 0.3) is 0 Å². The summed E-state index contributed by atoms with van der Waals surface area (Å²) in [5, 5.41) is 3.03. The zero-order chi connectivity index (χ0) is 12.3. The van der Waals surface area contributed by atoms with Crippen molar-refractivity contribution in [3.8, 4) is 0 Å². The van der Waals surface area contributed by atoms with Gasteiger partial charge in [0, 0.05) is 6.54 Å². The molecule has 0 radical (unpaired) electrons. The molecule has 1 atom stereocenters. The van der Waals surface area contributed by atoms with E-state index in [9.17, 15) is 4.79 Å². The van der Waals surface area contributed by atoms with Crippen LogP contribution in [0.3, 0.4) is 0 Å². The second-order valence-electron chi connectivity index (χ2n) is 4.43. The highest BCUT2D eigenvalue weighted by molar-refractivity contribution is 9.11. The number of hydrogen-bond donors (Lipinski definition) is 1. The minimum Gasteiger partial charge on any atom is -0.351 e. The summed E-state index contributed by atoms with van der Waals surface area (Å²) in [5.74, 6) is 0.659. The van der Waals surface area contributed by atoms with Crippen molar-refractivity contribution in [1.29, 1.82) is 0 Å². The lowest BCUT2D eigenvalue weighted by molar-refractivity contribution is 0.0950. The molecule has 4 heteroatoms. The van der Waals surface area contributed by atoms with Crippen LogP contribution in [0, 0.1) is 12.8 Å². The Hall–Kier alpha value is -0.610. The minimum absolute atomic E-state index is 0.0540. The van der Waals surface area contributed by atoms with E-state index in [-0.39, 0.29) is 5.91 Å². The summed E-state index contributed by atoms with van der Waals surface area (Å²) >= 11 is 4.94. The molecule has 0 bridgehead atoms. The van der Waals surface area contributed by atoms with E-state index in [2.05, 4.69) is 33.4 Å². The lowest BCUT2D eigenvalue weighted by Gasteiger charge is -2.17. The van der Waals surface area contributed by atoms with E-state index in [1.807, 2.05) is 13.0 Å². The van der Waals surface area contributed by atoms with E-state index < -0.39 is 0 Å². The van der Waals surface area contributed by atoms with Crippen molar-refractivity contribution in [2.45, 2.75) is 26.2 Å². The van der Waals surface area contributed by atoms with Gasteiger partial charge in [-0.3, -0.25) is 4.79 Å². The molecule has 0 spiro atoms. The molecule has 0 fully saturated rings. The third kappa shape index (κ3) is 3.42. The molecule has 2 nitrogen and oxygen atoms in total. The molecule has 1 aromatic heterocycles. The van der Waals surface area contributed by atoms with Crippen LogP contribution in [0.1, 0.15) is 34.5 Å². The average Bonchev–Trinajstić information content (AvgIpc) is 2.68.